The summed E-state index contributed by atoms with van der Waals surface area (Å²) in [5.41, 5.74) is 0.983. The third-order valence-corrected chi connectivity index (χ3v) is 3.38. The Bertz CT molecular complexity index is 827. The van der Waals surface area contributed by atoms with Gasteiger partial charge < -0.3 is 14.8 Å². The summed E-state index contributed by atoms with van der Waals surface area (Å²) in [5, 5.41) is 2.43. The molecule has 0 aliphatic rings. The van der Waals surface area contributed by atoms with E-state index < -0.39 is 24.3 Å². The zero-order chi connectivity index (χ0) is 18.9. The Balaban J connectivity index is 2.11. The number of ketones is 1. The van der Waals surface area contributed by atoms with Gasteiger partial charge >= 0.3 is 5.97 Å². The van der Waals surface area contributed by atoms with Crippen LogP contribution in [0.5, 0.6) is 5.75 Å². The van der Waals surface area contributed by atoms with E-state index in [1.807, 2.05) is 6.07 Å². The van der Waals surface area contributed by atoms with Gasteiger partial charge in [0.1, 0.15) is 11.4 Å². The van der Waals surface area contributed by atoms with E-state index in [0.717, 1.165) is 0 Å². The van der Waals surface area contributed by atoms with E-state index in [1.54, 1.807) is 48.5 Å². The number of ether oxygens (including phenoxy) is 2. The molecule has 26 heavy (non-hydrogen) atoms. The second kappa shape index (κ2) is 9.17. The molecular weight excluding hydrogens is 334 g/mol. The predicted molar refractivity (Wildman–Crippen MR) is 96.5 cm³/mol. The molecule has 0 saturated heterocycles. The van der Waals surface area contributed by atoms with E-state index >= 15 is 0 Å². The average Bonchev–Trinajstić information content (AvgIpc) is 2.65. The summed E-state index contributed by atoms with van der Waals surface area (Å²) in [6.45, 7) is 0.816. The number of hydrogen-bond donors (Lipinski definition) is 1. The molecule has 0 aliphatic heterocycles. The fourth-order valence-corrected chi connectivity index (χ4v) is 2.21. The van der Waals surface area contributed by atoms with Crippen molar-refractivity contribution in [1.82, 2.24) is 5.32 Å². The van der Waals surface area contributed by atoms with Gasteiger partial charge in [-0.15, -0.1) is 0 Å². The van der Waals surface area contributed by atoms with Gasteiger partial charge in [0.25, 0.3) is 0 Å². The number of esters is 1. The van der Waals surface area contributed by atoms with Crippen LogP contribution in [0.1, 0.15) is 22.8 Å². The number of carbonyl (C=O) groups excluding carboxylic acids is 3. The molecular formula is C20H19NO5. The van der Waals surface area contributed by atoms with E-state index in [2.05, 4.69) is 5.32 Å². The quantitative estimate of drug-likeness (QED) is 0.470. The maximum absolute atomic E-state index is 12.3. The topological polar surface area (TPSA) is 81.7 Å². The van der Waals surface area contributed by atoms with Crippen molar-refractivity contribution in [3.63, 3.8) is 0 Å². The van der Waals surface area contributed by atoms with E-state index in [9.17, 15) is 14.4 Å². The Labute approximate surface area is 151 Å². The second-order valence-corrected chi connectivity index (χ2v) is 5.35. The molecule has 0 aromatic heterocycles. The predicted octanol–water partition coefficient (Wildman–Crippen LogP) is 2.60. The lowest BCUT2D eigenvalue weighted by molar-refractivity contribution is -0.139. The first-order valence-electron chi connectivity index (χ1n) is 7.89. The van der Waals surface area contributed by atoms with Gasteiger partial charge in [0.15, 0.2) is 6.61 Å². The molecule has 0 heterocycles. The van der Waals surface area contributed by atoms with Crippen molar-refractivity contribution in [3.8, 4) is 5.75 Å². The van der Waals surface area contributed by atoms with Gasteiger partial charge in [-0.1, -0.05) is 42.5 Å². The Kier molecular flexibility index (Phi) is 6.68. The number of Topliss-reactive ketones (excluding diaryl/α,β-unsaturated/α-hetero) is 1. The van der Waals surface area contributed by atoms with E-state index in [4.69, 9.17) is 9.47 Å². The van der Waals surface area contributed by atoms with Crippen LogP contribution in [0.2, 0.25) is 0 Å². The molecule has 2 aromatic carbocycles. The summed E-state index contributed by atoms with van der Waals surface area (Å²) < 4.78 is 10.2. The number of nitrogens with one attached hydrogen (secondary N) is 1. The molecule has 0 radical (unpaired) electrons. The van der Waals surface area contributed by atoms with Crippen LogP contribution in [0, 0.1) is 0 Å². The SMILES string of the molecule is COc1ccccc1C(=O)COC(=O)/C(=C/c1ccccc1)NC(C)=O. The Morgan fingerprint density at radius 3 is 2.31 bits per heavy atom. The highest BCUT2D eigenvalue weighted by Crippen LogP contribution is 2.18. The molecule has 0 unspecified atom stereocenters. The largest absolute Gasteiger partial charge is 0.496 e. The van der Waals surface area contributed by atoms with Gasteiger partial charge in [0, 0.05) is 6.92 Å². The van der Waals surface area contributed by atoms with Crippen LogP contribution in [0.25, 0.3) is 6.08 Å². The van der Waals surface area contributed by atoms with Crippen molar-refractivity contribution in [1.29, 1.82) is 0 Å². The monoisotopic (exact) mass is 353 g/mol. The lowest BCUT2D eigenvalue weighted by Gasteiger charge is -2.10. The highest BCUT2D eigenvalue weighted by atomic mass is 16.5. The summed E-state index contributed by atoms with van der Waals surface area (Å²) in [5.74, 6) is -1.22. The molecule has 0 fully saturated rings. The smallest absolute Gasteiger partial charge is 0.355 e. The molecule has 0 saturated carbocycles. The molecule has 0 aliphatic carbocycles. The summed E-state index contributed by atoms with van der Waals surface area (Å²) in [6.07, 6.45) is 1.48. The molecule has 134 valence electrons. The van der Waals surface area contributed by atoms with Crippen LogP contribution in [-0.2, 0) is 14.3 Å². The summed E-state index contributed by atoms with van der Waals surface area (Å²) in [6, 6.07) is 15.6. The first-order chi connectivity index (χ1) is 12.5. The maximum Gasteiger partial charge on any atom is 0.355 e. The van der Waals surface area contributed by atoms with Crippen LogP contribution in [0.4, 0.5) is 0 Å². The number of methoxy groups -OCH3 is 1. The summed E-state index contributed by atoms with van der Waals surface area (Å²) >= 11 is 0. The Hall–Kier alpha value is -3.41. The van der Waals surface area contributed by atoms with Crippen molar-refractivity contribution in [3.05, 3.63) is 71.4 Å². The molecule has 0 spiro atoms. The highest BCUT2D eigenvalue weighted by Gasteiger charge is 2.17. The zero-order valence-corrected chi connectivity index (χ0v) is 14.5. The molecule has 6 heteroatoms. The lowest BCUT2D eigenvalue weighted by atomic mass is 10.1. The van der Waals surface area contributed by atoms with Gasteiger partial charge in [-0.3, -0.25) is 9.59 Å². The number of carbonyl (C=O) groups is 3. The van der Waals surface area contributed by atoms with Crippen molar-refractivity contribution >= 4 is 23.7 Å². The van der Waals surface area contributed by atoms with Crippen molar-refractivity contribution in [2.45, 2.75) is 6.92 Å². The average molecular weight is 353 g/mol. The molecule has 0 atom stereocenters. The minimum atomic E-state index is -0.799. The van der Waals surface area contributed by atoms with E-state index in [-0.39, 0.29) is 5.70 Å². The molecule has 0 bridgehead atoms. The summed E-state index contributed by atoms with van der Waals surface area (Å²) in [7, 11) is 1.45. The minimum Gasteiger partial charge on any atom is -0.496 e. The van der Waals surface area contributed by atoms with Crippen molar-refractivity contribution < 1.29 is 23.9 Å². The first kappa shape index (κ1) is 18.9. The van der Waals surface area contributed by atoms with Crippen LogP contribution in [0.15, 0.2) is 60.3 Å². The third-order valence-electron chi connectivity index (χ3n) is 3.38. The van der Waals surface area contributed by atoms with Crippen LogP contribution in [-0.4, -0.2) is 31.4 Å². The minimum absolute atomic E-state index is 0.0449. The molecule has 2 rings (SSSR count). The van der Waals surface area contributed by atoms with Gasteiger partial charge in [-0.05, 0) is 23.8 Å². The summed E-state index contributed by atoms with van der Waals surface area (Å²) in [4.78, 5) is 35.9. The maximum atomic E-state index is 12.3. The zero-order valence-electron chi connectivity index (χ0n) is 14.5. The second-order valence-electron chi connectivity index (χ2n) is 5.35. The van der Waals surface area contributed by atoms with Gasteiger partial charge in [0.2, 0.25) is 11.7 Å². The Morgan fingerprint density at radius 2 is 1.65 bits per heavy atom. The highest BCUT2D eigenvalue weighted by molar-refractivity contribution is 6.02. The van der Waals surface area contributed by atoms with E-state index in [0.29, 0.717) is 16.9 Å². The lowest BCUT2D eigenvalue weighted by Crippen LogP contribution is -2.27. The van der Waals surface area contributed by atoms with E-state index in [1.165, 1.54) is 20.1 Å². The molecule has 6 nitrogen and oxygen atoms in total. The van der Waals surface area contributed by atoms with Gasteiger partial charge in [0.05, 0.1) is 12.7 Å². The number of benzene rings is 2. The van der Waals surface area contributed by atoms with Crippen molar-refractivity contribution in [2.75, 3.05) is 13.7 Å². The number of amides is 1. The number of rotatable bonds is 7. The first-order valence-corrected chi connectivity index (χ1v) is 7.89. The molecule has 2 aromatic rings. The fraction of sp³-hybridized carbons (Fsp3) is 0.150. The number of para-hydroxylation sites is 1. The molecule has 1 amide bonds. The van der Waals surface area contributed by atoms with Crippen LogP contribution >= 0.6 is 0 Å². The number of hydrogen-bond acceptors (Lipinski definition) is 5. The normalized spacial score (nSPS) is 10.8. The van der Waals surface area contributed by atoms with Gasteiger partial charge in [-0.25, -0.2) is 4.79 Å². The standard InChI is InChI=1S/C20H19NO5/c1-14(22)21-17(12-15-8-4-3-5-9-15)20(24)26-13-18(23)16-10-6-7-11-19(16)25-2/h3-12H,13H2,1-2H3,(H,21,22)/b17-12-. The van der Waals surface area contributed by atoms with Crippen molar-refractivity contribution in [2.24, 2.45) is 0 Å². The fourth-order valence-electron chi connectivity index (χ4n) is 2.21. The van der Waals surface area contributed by atoms with Crippen LogP contribution < -0.4 is 10.1 Å². The third kappa shape index (κ3) is 5.31. The molecule has 1 N–H and O–H groups in total. The Morgan fingerprint density at radius 1 is 1.00 bits per heavy atom. The van der Waals surface area contributed by atoms with Crippen LogP contribution in [0.3, 0.4) is 0 Å². The van der Waals surface area contributed by atoms with Gasteiger partial charge in [-0.2, -0.15) is 0 Å².